The predicted octanol–water partition coefficient (Wildman–Crippen LogP) is 3.52. The molecule has 0 aliphatic carbocycles. The van der Waals surface area contributed by atoms with Crippen LogP contribution in [0.3, 0.4) is 0 Å². The van der Waals surface area contributed by atoms with E-state index in [1.807, 2.05) is 10.8 Å². The third-order valence-corrected chi connectivity index (χ3v) is 4.53. The summed E-state index contributed by atoms with van der Waals surface area (Å²) in [5, 5.41) is 2.73. The minimum atomic E-state index is -4.38. The number of rotatable bonds is 4. The van der Waals surface area contributed by atoms with Crippen LogP contribution in [0, 0.1) is 5.92 Å². The van der Waals surface area contributed by atoms with Gasteiger partial charge in [0, 0.05) is 38.6 Å². The topological polar surface area (TPSA) is 50.2 Å². The Morgan fingerprint density at radius 1 is 1.35 bits per heavy atom. The minimum Gasteiger partial charge on any atom is -0.337 e. The second-order valence-electron chi connectivity index (χ2n) is 6.57. The molecule has 0 saturated carbocycles. The molecular weight excluding hydrogens is 345 g/mol. The summed E-state index contributed by atoms with van der Waals surface area (Å²) in [5.41, 5.74) is -0.275. The molecule has 0 bridgehead atoms. The number of alkyl halides is 3. The zero-order valence-electron chi connectivity index (χ0n) is 14.2. The molecule has 1 aliphatic heterocycles. The van der Waals surface area contributed by atoms with Crippen molar-refractivity contribution in [3.63, 3.8) is 0 Å². The van der Waals surface area contributed by atoms with Crippen molar-refractivity contribution in [2.24, 2.45) is 5.92 Å². The van der Waals surface area contributed by atoms with E-state index in [0.717, 1.165) is 31.5 Å². The molecule has 1 aliphatic rings. The van der Waals surface area contributed by atoms with E-state index in [2.05, 4.69) is 10.3 Å². The highest BCUT2D eigenvalue weighted by Gasteiger charge is 2.30. The van der Waals surface area contributed by atoms with Gasteiger partial charge in [-0.3, -0.25) is 0 Å². The van der Waals surface area contributed by atoms with Crippen molar-refractivity contribution >= 4 is 6.03 Å². The van der Waals surface area contributed by atoms with E-state index in [-0.39, 0.29) is 12.6 Å². The summed E-state index contributed by atoms with van der Waals surface area (Å²) in [7, 11) is 0. The van der Waals surface area contributed by atoms with Gasteiger partial charge in [0.1, 0.15) is 0 Å². The Morgan fingerprint density at radius 2 is 2.19 bits per heavy atom. The molecule has 26 heavy (non-hydrogen) atoms. The first kappa shape index (κ1) is 18.3. The maximum atomic E-state index is 12.8. The number of carbonyl (C=O) groups is 1. The normalized spacial score (nSPS) is 18.0. The second kappa shape index (κ2) is 7.80. The van der Waals surface area contributed by atoms with Crippen LogP contribution in [0.4, 0.5) is 18.0 Å². The molecule has 2 aromatic rings. The molecule has 1 aromatic carbocycles. The van der Waals surface area contributed by atoms with Gasteiger partial charge in [-0.25, -0.2) is 9.78 Å². The van der Waals surface area contributed by atoms with Crippen LogP contribution in [0.5, 0.6) is 0 Å². The molecule has 5 nitrogen and oxygen atoms in total. The van der Waals surface area contributed by atoms with Crippen LogP contribution < -0.4 is 5.32 Å². The van der Waals surface area contributed by atoms with Crippen molar-refractivity contribution in [1.82, 2.24) is 19.8 Å². The number of hydrogen-bond acceptors (Lipinski definition) is 2. The SMILES string of the molecule is O=C(NCc1cccc(C(F)(F)F)c1)N1CCCC(Cn2ccnc2)C1. The maximum absolute atomic E-state index is 12.8. The molecule has 1 N–H and O–H groups in total. The molecule has 1 saturated heterocycles. The predicted molar refractivity (Wildman–Crippen MR) is 90.2 cm³/mol. The van der Waals surface area contributed by atoms with Gasteiger partial charge in [0.25, 0.3) is 0 Å². The second-order valence-corrected chi connectivity index (χ2v) is 6.57. The number of nitrogens with zero attached hydrogens (tertiary/aromatic N) is 3. The van der Waals surface area contributed by atoms with Gasteiger partial charge in [-0.15, -0.1) is 0 Å². The van der Waals surface area contributed by atoms with E-state index in [0.29, 0.717) is 24.6 Å². The third-order valence-electron chi connectivity index (χ3n) is 4.53. The number of carbonyl (C=O) groups excluding carboxylic acids is 1. The Hall–Kier alpha value is -2.51. The van der Waals surface area contributed by atoms with E-state index in [1.165, 1.54) is 6.07 Å². The number of likely N-dealkylation sites (tertiary alicyclic amines) is 1. The van der Waals surface area contributed by atoms with Gasteiger partial charge in [0.15, 0.2) is 0 Å². The molecular formula is C18H21F3N4O. The van der Waals surface area contributed by atoms with Gasteiger partial charge in [0.05, 0.1) is 11.9 Å². The first-order valence-electron chi connectivity index (χ1n) is 8.56. The van der Waals surface area contributed by atoms with Crippen molar-refractivity contribution in [2.45, 2.75) is 32.1 Å². The number of imidazole rings is 1. The van der Waals surface area contributed by atoms with Crippen molar-refractivity contribution in [3.8, 4) is 0 Å². The number of halogens is 3. The number of nitrogens with one attached hydrogen (secondary N) is 1. The molecule has 1 aromatic heterocycles. The summed E-state index contributed by atoms with van der Waals surface area (Å²) in [5.74, 6) is 0.345. The lowest BCUT2D eigenvalue weighted by atomic mass is 9.98. The van der Waals surface area contributed by atoms with Gasteiger partial charge in [-0.2, -0.15) is 13.2 Å². The van der Waals surface area contributed by atoms with E-state index < -0.39 is 11.7 Å². The van der Waals surface area contributed by atoms with E-state index >= 15 is 0 Å². The molecule has 8 heteroatoms. The fourth-order valence-electron chi connectivity index (χ4n) is 3.24. The molecule has 1 atom stereocenters. The van der Waals surface area contributed by atoms with Crippen molar-refractivity contribution < 1.29 is 18.0 Å². The van der Waals surface area contributed by atoms with Crippen molar-refractivity contribution in [2.75, 3.05) is 13.1 Å². The maximum Gasteiger partial charge on any atom is 0.416 e. The monoisotopic (exact) mass is 366 g/mol. The quantitative estimate of drug-likeness (QED) is 0.900. The number of hydrogen-bond donors (Lipinski definition) is 1. The molecule has 2 heterocycles. The van der Waals surface area contributed by atoms with Crippen LogP contribution in [0.15, 0.2) is 43.0 Å². The number of piperidine rings is 1. The first-order valence-corrected chi connectivity index (χ1v) is 8.56. The van der Waals surface area contributed by atoms with E-state index in [1.54, 1.807) is 23.5 Å². The lowest BCUT2D eigenvalue weighted by Crippen LogP contribution is -2.46. The number of aromatic nitrogens is 2. The van der Waals surface area contributed by atoms with Gasteiger partial charge in [0.2, 0.25) is 0 Å². The molecule has 0 radical (unpaired) electrons. The van der Waals surface area contributed by atoms with E-state index in [9.17, 15) is 18.0 Å². The Bertz CT molecular complexity index is 730. The number of urea groups is 1. The first-order chi connectivity index (χ1) is 12.4. The largest absolute Gasteiger partial charge is 0.416 e. The summed E-state index contributed by atoms with van der Waals surface area (Å²) in [6, 6.07) is 4.78. The zero-order valence-corrected chi connectivity index (χ0v) is 14.2. The van der Waals surface area contributed by atoms with Crippen LogP contribution in [0.2, 0.25) is 0 Å². The third kappa shape index (κ3) is 4.77. The van der Waals surface area contributed by atoms with Crippen molar-refractivity contribution in [3.05, 3.63) is 54.1 Å². The lowest BCUT2D eigenvalue weighted by molar-refractivity contribution is -0.137. The summed E-state index contributed by atoms with van der Waals surface area (Å²) >= 11 is 0. The number of benzene rings is 1. The van der Waals surface area contributed by atoms with Crippen LogP contribution in [-0.2, 0) is 19.3 Å². The standard InChI is InChI=1S/C18H21F3N4O/c19-18(20,21)16-5-1-3-14(9-16)10-23-17(26)25-7-2-4-15(12-25)11-24-8-6-22-13-24/h1,3,5-6,8-9,13,15H,2,4,7,10-12H2,(H,23,26). The highest BCUT2D eigenvalue weighted by molar-refractivity contribution is 5.74. The van der Waals surface area contributed by atoms with Gasteiger partial charge in [-0.05, 0) is 36.5 Å². The summed E-state index contributed by atoms with van der Waals surface area (Å²) in [6.45, 7) is 2.17. The van der Waals surface area contributed by atoms with Crippen LogP contribution in [0.1, 0.15) is 24.0 Å². The molecule has 3 rings (SSSR count). The summed E-state index contributed by atoms with van der Waals surface area (Å²) < 4.78 is 40.3. The zero-order chi connectivity index (χ0) is 18.6. The minimum absolute atomic E-state index is 0.0748. The Balaban J connectivity index is 1.53. The highest BCUT2D eigenvalue weighted by atomic mass is 19.4. The van der Waals surface area contributed by atoms with Crippen LogP contribution in [0.25, 0.3) is 0 Å². The summed E-state index contributed by atoms with van der Waals surface area (Å²) in [4.78, 5) is 18.1. The average Bonchev–Trinajstić information content (AvgIpc) is 3.12. The fraction of sp³-hybridized carbons (Fsp3) is 0.444. The van der Waals surface area contributed by atoms with Gasteiger partial charge < -0.3 is 14.8 Å². The fourth-order valence-corrected chi connectivity index (χ4v) is 3.24. The van der Waals surface area contributed by atoms with Gasteiger partial charge in [-0.1, -0.05) is 12.1 Å². The lowest BCUT2D eigenvalue weighted by Gasteiger charge is -2.33. The highest BCUT2D eigenvalue weighted by Crippen LogP contribution is 2.29. The smallest absolute Gasteiger partial charge is 0.337 e. The molecule has 140 valence electrons. The average molecular weight is 366 g/mol. The van der Waals surface area contributed by atoms with Crippen molar-refractivity contribution in [1.29, 1.82) is 0 Å². The number of amides is 2. The molecule has 1 fully saturated rings. The molecule has 2 amide bonds. The Kier molecular flexibility index (Phi) is 5.49. The van der Waals surface area contributed by atoms with E-state index in [4.69, 9.17) is 0 Å². The van der Waals surface area contributed by atoms with Crippen LogP contribution >= 0.6 is 0 Å². The van der Waals surface area contributed by atoms with Crippen LogP contribution in [-0.4, -0.2) is 33.6 Å². The van der Waals surface area contributed by atoms with Gasteiger partial charge >= 0.3 is 12.2 Å². The Labute approximate surface area is 149 Å². The summed E-state index contributed by atoms with van der Waals surface area (Å²) in [6.07, 6.45) is 2.95. The molecule has 1 unspecified atom stereocenters. The Morgan fingerprint density at radius 3 is 2.92 bits per heavy atom. The molecule has 0 spiro atoms.